The molecule has 1 atom stereocenters. The number of hydrogen-bond acceptors (Lipinski definition) is 3. The van der Waals surface area contributed by atoms with Crippen molar-refractivity contribution in [2.45, 2.75) is 109 Å². The minimum Gasteiger partial charge on any atom is -0.346 e. The molecule has 2 heterocycles. The molecule has 0 saturated heterocycles. The Kier molecular flexibility index (Phi) is 7.46. The number of H-pyrrole nitrogens is 1. The van der Waals surface area contributed by atoms with Gasteiger partial charge in [-0.2, -0.15) is 10.2 Å². The second kappa shape index (κ2) is 10.5. The molecule has 0 bridgehead atoms. The van der Waals surface area contributed by atoms with Crippen molar-refractivity contribution in [3.05, 3.63) is 35.4 Å². The number of aromatic nitrogens is 4. The first-order valence-electron chi connectivity index (χ1n) is 12.5. The first kappa shape index (κ1) is 22.1. The Balaban J connectivity index is 1.28. The first-order chi connectivity index (χ1) is 15.1. The summed E-state index contributed by atoms with van der Waals surface area (Å²) in [6.45, 7) is 5.07. The van der Waals surface area contributed by atoms with Gasteiger partial charge >= 0.3 is 0 Å². The summed E-state index contributed by atoms with van der Waals surface area (Å²) in [7, 11) is 0. The van der Waals surface area contributed by atoms with Crippen molar-refractivity contribution in [1.82, 2.24) is 25.3 Å². The van der Waals surface area contributed by atoms with Gasteiger partial charge < -0.3 is 5.32 Å². The summed E-state index contributed by atoms with van der Waals surface area (Å²) in [6, 6.07) is 4.11. The Hall–Kier alpha value is -2.11. The maximum Gasteiger partial charge on any atom is 0.272 e. The van der Waals surface area contributed by atoms with E-state index in [1.54, 1.807) is 0 Å². The van der Waals surface area contributed by atoms with E-state index in [4.69, 9.17) is 5.10 Å². The van der Waals surface area contributed by atoms with E-state index in [2.05, 4.69) is 34.7 Å². The van der Waals surface area contributed by atoms with Gasteiger partial charge in [-0.25, -0.2) is 0 Å². The molecule has 2 aliphatic rings. The van der Waals surface area contributed by atoms with Gasteiger partial charge in [0.15, 0.2) is 0 Å². The number of aromatic amines is 1. The highest BCUT2D eigenvalue weighted by Crippen LogP contribution is 2.32. The molecule has 170 valence electrons. The largest absolute Gasteiger partial charge is 0.346 e. The summed E-state index contributed by atoms with van der Waals surface area (Å²) < 4.78 is 1.97. The highest BCUT2D eigenvalue weighted by atomic mass is 16.2. The quantitative estimate of drug-likeness (QED) is 0.637. The maximum absolute atomic E-state index is 12.7. The number of carbonyl (C=O) groups excluding carboxylic acids is 1. The second-order valence-electron chi connectivity index (χ2n) is 10.0. The molecule has 4 rings (SSSR count). The summed E-state index contributed by atoms with van der Waals surface area (Å²) in [6.07, 6.45) is 16.1. The maximum atomic E-state index is 12.7. The van der Waals surface area contributed by atoms with Gasteiger partial charge in [0.25, 0.3) is 5.91 Å². The summed E-state index contributed by atoms with van der Waals surface area (Å²) in [5.41, 5.74) is 2.83. The van der Waals surface area contributed by atoms with E-state index in [0.717, 1.165) is 11.6 Å². The van der Waals surface area contributed by atoms with E-state index in [1.165, 1.54) is 76.3 Å². The molecule has 1 amide bonds. The van der Waals surface area contributed by atoms with Crippen LogP contribution in [-0.2, 0) is 6.54 Å². The van der Waals surface area contributed by atoms with Crippen LogP contribution in [0.25, 0.3) is 0 Å². The molecule has 2 aromatic rings. The predicted molar refractivity (Wildman–Crippen MR) is 123 cm³/mol. The van der Waals surface area contributed by atoms with Crippen LogP contribution >= 0.6 is 0 Å². The lowest BCUT2D eigenvalue weighted by Crippen LogP contribution is -2.36. The van der Waals surface area contributed by atoms with Crippen LogP contribution in [0.4, 0.5) is 0 Å². The van der Waals surface area contributed by atoms with E-state index in [0.29, 0.717) is 24.1 Å². The second-order valence-corrected chi connectivity index (χ2v) is 10.0. The van der Waals surface area contributed by atoms with Crippen LogP contribution in [0, 0.1) is 5.92 Å². The molecule has 2 saturated carbocycles. The Morgan fingerprint density at radius 2 is 1.81 bits per heavy atom. The van der Waals surface area contributed by atoms with Gasteiger partial charge in [0.1, 0.15) is 5.69 Å². The highest BCUT2D eigenvalue weighted by Gasteiger charge is 2.21. The summed E-state index contributed by atoms with van der Waals surface area (Å²) in [5, 5.41) is 15.4. The number of amides is 1. The molecule has 6 nitrogen and oxygen atoms in total. The van der Waals surface area contributed by atoms with Crippen molar-refractivity contribution in [1.29, 1.82) is 0 Å². The molecule has 0 aliphatic heterocycles. The van der Waals surface area contributed by atoms with Gasteiger partial charge in [0, 0.05) is 29.8 Å². The molecule has 0 radical (unpaired) electrons. The average molecular weight is 426 g/mol. The van der Waals surface area contributed by atoms with Gasteiger partial charge in [-0.15, -0.1) is 0 Å². The smallest absolute Gasteiger partial charge is 0.272 e. The number of nitrogens with one attached hydrogen (secondary N) is 2. The van der Waals surface area contributed by atoms with Gasteiger partial charge in [0.2, 0.25) is 0 Å². The summed E-state index contributed by atoms with van der Waals surface area (Å²) in [4.78, 5) is 12.7. The Labute approximate surface area is 186 Å². The van der Waals surface area contributed by atoms with Gasteiger partial charge in [-0.05, 0) is 50.7 Å². The average Bonchev–Trinajstić information content (AvgIpc) is 3.41. The zero-order valence-corrected chi connectivity index (χ0v) is 19.3. The fourth-order valence-corrected chi connectivity index (χ4v) is 5.41. The summed E-state index contributed by atoms with van der Waals surface area (Å²) >= 11 is 0. The number of hydrogen-bond donors (Lipinski definition) is 2. The highest BCUT2D eigenvalue weighted by molar-refractivity contribution is 5.92. The van der Waals surface area contributed by atoms with Gasteiger partial charge in [0.05, 0.1) is 12.2 Å². The van der Waals surface area contributed by atoms with Crippen molar-refractivity contribution in [3.63, 3.8) is 0 Å². The van der Waals surface area contributed by atoms with Crippen molar-refractivity contribution in [2.75, 3.05) is 0 Å². The van der Waals surface area contributed by atoms with Gasteiger partial charge in [-0.3, -0.25) is 14.6 Å². The number of carbonyl (C=O) groups is 1. The molecule has 0 unspecified atom stereocenters. The van der Waals surface area contributed by atoms with Crippen LogP contribution in [0.1, 0.15) is 118 Å². The lowest BCUT2D eigenvalue weighted by molar-refractivity contribution is 0.0931. The molecule has 2 N–H and O–H groups in total. The number of nitrogens with zero attached hydrogens (tertiary/aromatic N) is 3. The topological polar surface area (TPSA) is 75.6 Å². The third-order valence-electron chi connectivity index (χ3n) is 7.29. The van der Waals surface area contributed by atoms with Crippen LogP contribution in [-0.4, -0.2) is 31.9 Å². The molecule has 2 fully saturated rings. The minimum absolute atomic E-state index is 0.00497. The normalized spacial score (nSPS) is 24.3. The third-order valence-corrected chi connectivity index (χ3v) is 7.29. The van der Waals surface area contributed by atoms with Crippen LogP contribution in [0.15, 0.2) is 18.3 Å². The molecule has 31 heavy (non-hydrogen) atoms. The molecular formula is C25H39N5O. The molecule has 6 heteroatoms. The van der Waals surface area contributed by atoms with E-state index in [-0.39, 0.29) is 11.9 Å². The van der Waals surface area contributed by atoms with E-state index in [1.807, 2.05) is 17.7 Å². The lowest BCUT2D eigenvalue weighted by Gasteiger charge is -2.21. The van der Waals surface area contributed by atoms with Crippen molar-refractivity contribution >= 4 is 5.91 Å². The molecule has 2 aromatic heterocycles. The third kappa shape index (κ3) is 5.98. The monoisotopic (exact) mass is 425 g/mol. The van der Waals surface area contributed by atoms with E-state index < -0.39 is 0 Å². The number of rotatable bonds is 6. The zero-order valence-electron chi connectivity index (χ0n) is 19.3. The minimum atomic E-state index is -0.103. The fourth-order valence-electron chi connectivity index (χ4n) is 5.41. The van der Waals surface area contributed by atoms with Crippen LogP contribution in [0.3, 0.4) is 0 Å². The molecule has 0 aromatic carbocycles. The zero-order chi connectivity index (χ0) is 21.6. The first-order valence-corrected chi connectivity index (χ1v) is 12.5. The lowest BCUT2D eigenvalue weighted by atomic mass is 9.85. The standard InChI is InChI=1S/C25H39N5O/c1-18-8-6-12-21(13-7-9-18)23-16-24(28-27-23)25(31)26-19(2)17-30-15-14-22(29-30)20-10-4-3-5-11-20/h14-16,18-21H,3-13,17H2,1-2H3,(H,26,31)(H,27,28)/t18?,19-,21?/m1/s1. The van der Waals surface area contributed by atoms with Crippen LogP contribution in [0.5, 0.6) is 0 Å². The summed E-state index contributed by atoms with van der Waals surface area (Å²) in [5.74, 6) is 1.85. The van der Waals surface area contributed by atoms with Gasteiger partial charge in [-0.1, -0.05) is 51.9 Å². The molecule has 0 spiro atoms. The molecular weight excluding hydrogens is 386 g/mol. The Morgan fingerprint density at radius 3 is 2.55 bits per heavy atom. The SMILES string of the molecule is CC1CCCC(c2cc(C(=O)N[C@H](C)Cn3ccc(C4CCCCC4)n3)n[nH]2)CCC1. The van der Waals surface area contributed by atoms with E-state index >= 15 is 0 Å². The van der Waals surface area contributed by atoms with Crippen LogP contribution < -0.4 is 5.32 Å². The predicted octanol–water partition coefficient (Wildman–Crippen LogP) is 5.55. The Morgan fingerprint density at radius 1 is 1.10 bits per heavy atom. The fraction of sp³-hybridized carbons (Fsp3) is 0.720. The van der Waals surface area contributed by atoms with Crippen molar-refractivity contribution in [2.24, 2.45) is 5.92 Å². The molecule has 2 aliphatic carbocycles. The van der Waals surface area contributed by atoms with Crippen molar-refractivity contribution < 1.29 is 4.79 Å². The Bertz CT molecular complexity index is 825. The van der Waals surface area contributed by atoms with E-state index in [9.17, 15) is 4.79 Å². The van der Waals surface area contributed by atoms with Crippen molar-refractivity contribution in [3.8, 4) is 0 Å². The van der Waals surface area contributed by atoms with Crippen LogP contribution in [0.2, 0.25) is 0 Å².